The Bertz CT molecular complexity index is 1100. The summed E-state index contributed by atoms with van der Waals surface area (Å²) in [5, 5.41) is 11.0. The van der Waals surface area contributed by atoms with Gasteiger partial charge in [-0.25, -0.2) is 4.68 Å². The van der Waals surface area contributed by atoms with Crippen LogP contribution < -0.4 is 25.4 Å². The first kappa shape index (κ1) is 21.8. The molecular weight excluding hydrogens is 430 g/mol. The molecule has 0 saturated carbocycles. The lowest BCUT2D eigenvalue weighted by molar-refractivity contribution is -0.115. The van der Waals surface area contributed by atoms with E-state index in [1.807, 2.05) is 24.3 Å². The summed E-state index contributed by atoms with van der Waals surface area (Å²) in [6.07, 6.45) is 0. The molecule has 2 heterocycles. The first-order chi connectivity index (χ1) is 15.4. The monoisotopic (exact) mass is 455 g/mol. The minimum absolute atomic E-state index is 0.170. The third kappa shape index (κ3) is 4.91. The number of aromatic nitrogens is 3. The molecule has 1 atom stereocenters. The summed E-state index contributed by atoms with van der Waals surface area (Å²) in [4.78, 5) is 12.6. The molecular formula is C22H25N5O4S. The van der Waals surface area contributed by atoms with Gasteiger partial charge >= 0.3 is 0 Å². The predicted molar refractivity (Wildman–Crippen MR) is 122 cm³/mol. The van der Waals surface area contributed by atoms with Crippen LogP contribution in [0.4, 0.5) is 5.69 Å². The van der Waals surface area contributed by atoms with E-state index in [0.29, 0.717) is 34.1 Å². The molecule has 1 aliphatic heterocycles. The Morgan fingerprint density at radius 3 is 2.66 bits per heavy atom. The zero-order valence-corrected chi connectivity index (χ0v) is 18.9. The SMILES string of the molecule is CC(C)c1ccc(OCc2nnc(S[C@@H](C)C(=O)Nc3ccc4c(c3)OCO4)n2N)cc1. The molecule has 0 saturated heterocycles. The van der Waals surface area contributed by atoms with Gasteiger partial charge in [-0.05, 0) is 42.7 Å². The molecule has 168 valence electrons. The van der Waals surface area contributed by atoms with Gasteiger partial charge in [0.25, 0.3) is 0 Å². The van der Waals surface area contributed by atoms with Crippen molar-refractivity contribution in [2.24, 2.45) is 0 Å². The van der Waals surface area contributed by atoms with Gasteiger partial charge in [0.2, 0.25) is 17.9 Å². The van der Waals surface area contributed by atoms with Crippen molar-refractivity contribution in [1.29, 1.82) is 0 Å². The summed E-state index contributed by atoms with van der Waals surface area (Å²) >= 11 is 1.21. The number of nitrogens with two attached hydrogens (primary N) is 1. The lowest BCUT2D eigenvalue weighted by Gasteiger charge is -2.12. The number of amides is 1. The van der Waals surface area contributed by atoms with Crippen molar-refractivity contribution in [2.75, 3.05) is 18.0 Å². The van der Waals surface area contributed by atoms with Crippen LogP contribution >= 0.6 is 11.8 Å². The molecule has 4 rings (SSSR count). The maximum Gasteiger partial charge on any atom is 0.237 e. The lowest BCUT2D eigenvalue weighted by Crippen LogP contribution is -2.24. The first-order valence-corrected chi connectivity index (χ1v) is 11.1. The van der Waals surface area contributed by atoms with Crippen LogP contribution in [0.2, 0.25) is 0 Å². The summed E-state index contributed by atoms with van der Waals surface area (Å²) in [6, 6.07) is 13.2. The van der Waals surface area contributed by atoms with E-state index in [1.54, 1.807) is 25.1 Å². The van der Waals surface area contributed by atoms with Crippen LogP contribution in [-0.2, 0) is 11.4 Å². The zero-order valence-electron chi connectivity index (χ0n) is 18.1. The number of rotatable bonds is 8. The Hall–Kier alpha value is -3.40. The highest BCUT2D eigenvalue weighted by Gasteiger charge is 2.21. The summed E-state index contributed by atoms with van der Waals surface area (Å²) in [5.41, 5.74) is 1.87. The predicted octanol–water partition coefficient (Wildman–Crippen LogP) is 3.54. The number of benzene rings is 2. The van der Waals surface area contributed by atoms with Gasteiger partial charge in [-0.1, -0.05) is 37.7 Å². The van der Waals surface area contributed by atoms with Gasteiger partial charge < -0.3 is 25.4 Å². The average molecular weight is 456 g/mol. The number of fused-ring (bicyclic) bond motifs is 1. The third-order valence-corrected chi connectivity index (χ3v) is 6.00. The number of nitrogens with zero attached hydrogens (tertiary/aromatic N) is 3. The van der Waals surface area contributed by atoms with Crippen molar-refractivity contribution in [3.63, 3.8) is 0 Å². The highest BCUT2D eigenvalue weighted by Crippen LogP contribution is 2.34. The Balaban J connectivity index is 1.32. The van der Waals surface area contributed by atoms with Crippen LogP contribution in [0.3, 0.4) is 0 Å². The van der Waals surface area contributed by atoms with Crippen LogP contribution in [0, 0.1) is 0 Å². The second kappa shape index (κ2) is 9.39. The molecule has 9 nitrogen and oxygen atoms in total. The molecule has 0 radical (unpaired) electrons. The fourth-order valence-electron chi connectivity index (χ4n) is 3.01. The van der Waals surface area contributed by atoms with E-state index >= 15 is 0 Å². The van der Waals surface area contributed by atoms with E-state index in [-0.39, 0.29) is 19.3 Å². The minimum Gasteiger partial charge on any atom is -0.486 e. The number of ether oxygens (including phenoxy) is 3. The molecule has 3 aromatic rings. The number of carbonyl (C=O) groups excluding carboxylic acids is 1. The number of hydrogen-bond donors (Lipinski definition) is 2. The number of anilines is 1. The van der Waals surface area contributed by atoms with Crippen molar-refractivity contribution in [3.05, 3.63) is 53.9 Å². The highest BCUT2D eigenvalue weighted by atomic mass is 32.2. The van der Waals surface area contributed by atoms with E-state index in [4.69, 9.17) is 20.1 Å². The number of hydrogen-bond acceptors (Lipinski definition) is 8. The minimum atomic E-state index is -0.454. The van der Waals surface area contributed by atoms with Crippen LogP contribution in [-0.4, -0.2) is 32.8 Å². The van der Waals surface area contributed by atoms with Crippen molar-refractivity contribution in [3.8, 4) is 17.2 Å². The molecule has 3 N–H and O–H groups in total. The lowest BCUT2D eigenvalue weighted by atomic mass is 10.0. The van der Waals surface area contributed by atoms with Crippen molar-refractivity contribution < 1.29 is 19.0 Å². The van der Waals surface area contributed by atoms with E-state index < -0.39 is 5.25 Å². The highest BCUT2D eigenvalue weighted by molar-refractivity contribution is 8.00. The fourth-order valence-corrected chi connectivity index (χ4v) is 3.80. The van der Waals surface area contributed by atoms with Gasteiger partial charge in [-0.2, -0.15) is 0 Å². The average Bonchev–Trinajstić information content (AvgIpc) is 3.39. The molecule has 0 bridgehead atoms. The second-order valence-corrected chi connectivity index (χ2v) is 8.91. The fraction of sp³-hybridized carbons (Fsp3) is 0.318. The second-order valence-electron chi connectivity index (χ2n) is 7.60. The van der Waals surface area contributed by atoms with Crippen LogP contribution in [0.15, 0.2) is 47.6 Å². The Morgan fingerprint density at radius 1 is 1.16 bits per heavy atom. The molecule has 0 aliphatic carbocycles. The van der Waals surface area contributed by atoms with E-state index in [2.05, 4.69) is 29.4 Å². The smallest absolute Gasteiger partial charge is 0.237 e. The zero-order chi connectivity index (χ0) is 22.7. The van der Waals surface area contributed by atoms with E-state index in [1.165, 1.54) is 22.0 Å². The Kier molecular flexibility index (Phi) is 6.40. The Labute approximate surface area is 190 Å². The molecule has 10 heteroatoms. The maximum absolute atomic E-state index is 12.6. The van der Waals surface area contributed by atoms with Gasteiger partial charge in [0.1, 0.15) is 12.4 Å². The topological polar surface area (TPSA) is 114 Å². The van der Waals surface area contributed by atoms with Crippen molar-refractivity contribution in [2.45, 2.75) is 43.7 Å². The van der Waals surface area contributed by atoms with Gasteiger partial charge in [0, 0.05) is 11.8 Å². The number of thioether (sulfide) groups is 1. The summed E-state index contributed by atoms with van der Waals surface area (Å²) in [5.74, 6) is 8.84. The van der Waals surface area contributed by atoms with E-state index in [9.17, 15) is 4.79 Å². The molecule has 0 spiro atoms. The van der Waals surface area contributed by atoms with Crippen molar-refractivity contribution >= 4 is 23.4 Å². The van der Waals surface area contributed by atoms with Gasteiger partial charge in [0.15, 0.2) is 17.3 Å². The maximum atomic E-state index is 12.6. The molecule has 1 aromatic heterocycles. The molecule has 1 amide bonds. The molecule has 1 aliphatic rings. The molecule has 0 unspecified atom stereocenters. The molecule has 2 aromatic carbocycles. The number of nitrogens with one attached hydrogen (secondary N) is 1. The summed E-state index contributed by atoms with van der Waals surface area (Å²) in [7, 11) is 0. The molecule has 32 heavy (non-hydrogen) atoms. The normalized spacial score (nSPS) is 13.2. The number of carbonyl (C=O) groups is 1. The molecule has 0 fully saturated rings. The van der Waals surface area contributed by atoms with Gasteiger partial charge in [-0.15, -0.1) is 10.2 Å². The van der Waals surface area contributed by atoms with Crippen LogP contribution in [0.25, 0.3) is 0 Å². The summed E-state index contributed by atoms with van der Waals surface area (Å²) < 4.78 is 17.7. The third-order valence-electron chi connectivity index (χ3n) is 4.94. The number of nitrogen functional groups attached to an aromatic ring is 1. The van der Waals surface area contributed by atoms with Crippen LogP contribution in [0.1, 0.15) is 38.1 Å². The van der Waals surface area contributed by atoms with Crippen LogP contribution in [0.5, 0.6) is 17.2 Å². The Morgan fingerprint density at radius 2 is 1.91 bits per heavy atom. The standard InChI is InChI=1S/C22H25N5O4S/c1-13(2)15-4-7-17(8-5-15)29-11-20-25-26-22(27(20)23)32-14(3)21(28)24-16-6-9-18-19(10-16)31-12-30-18/h4-10,13-14H,11-12,23H2,1-3H3,(H,24,28)/t14-/m0/s1. The van der Waals surface area contributed by atoms with Gasteiger partial charge in [0.05, 0.1) is 5.25 Å². The summed E-state index contributed by atoms with van der Waals surface area (Å²) in [6.45, 7) is 6.40. The van der Waals surface area contributed by atoms with Gasteiger partial charge in [-0.3, -0.25) is 4.79 Å². The quantitative estimate of drug-likeness (QED) is 0.392. The first-order valence-electron chi connectivity index (χ1n) is 10.2. The van der Waals surface area contributed by atoms with Crippen molar-refractivity contribution in [1.82, 2.24) is 14.9 Å². The largest absolute Gasteiger partial charge is 0.486 e. The van der Waals surface area contributed by atoms with E-state index in [0.717, 1.165) is 5.75 Å².